The predicted octanol–water partition coefficient (Wildman–Crippen LogP) is 0.538. The van der Waals surface area contributed by atoms with E-state index in [1.165, 1.54) is 7.11 Å². The van der Waals surface area contributed by atoms with Crippen LogP contribution in [0, 0.1) is 0 Å². The van der Waals surface area contributed by atoms with E-state index >= 15 is 0 Å². The molecule has 0 radical (unpaired) electrons. The summed E-state index contributed by atoms with van der Waals surface area (Å²) in [5.41, 5.74) is -0.477. The minimum atomic E-state index is -0.381. The lowest BCUT2D eigenvalue weighted by Crippen LogP contribution is -2.53. The molecule has 98 valence electrons. The van der Waals surface area contributed by atoms with Crippen LogP contribution in [-0.4, -0.2) is 48.1 Å². The van der Waals surface area contributed by atoms with Gasteiger partial charge in [-0.25, -0.2) is 0 Å². The van der Waals surface area contributed by atoms with Crippen molar-refractivity contribution in [1.82, 2.24) is 10.2 Å². The van der Waals surface area contributed by atoms with Crippen LogP contribution in [0.2, 0.25) is 0 Å². The van der Waals surface area contributed by atoms with Gasteiger partial charge in [0.05, 0.1) is 7.11 Å². The first-order chi connectivity index (χ1) is 7.65. The molecule has 0 aromatic carbocycles. The van der Waals surface area contributed by atoms with Crippen molar-refractivity contribution in [2.45, 2.75) is 45.2 Å². The van der Waals surface area contributed by atoms with Crippen molar-refractivity contribution < 1.29 is 14.3 Å². The molecule has 0 aliphatic carbocycles. The third-order valence-electron chi connectivity index (χ3n) is 2.76. The van der Waals surface area contributed by atoms with E-state index in [2.05, 4.69) is 10.1 Å². The zero-order valence-electron chi connectivity index (χ0n) is 11.3. The number of rotatable bonds is 2. The van der Waals surface area contributed by atoms with Crippen LogP contribution < -0.4 is 5.32 Å². The van der Waals surface area contributed by atoms with Gasteiger partial charge in [0.1, 0.15) is 6.54 Å². The van der Waals surface area contributed by atoms with Crippen molar-refractivity contribution >= 4 is 11.9 Å². The van der Waals surface area contributed by atoms with Crippen LogP contribution >= 0.6 is 0 Å². The number of nitrogens with one attached hydrogen (secondary N) is 1. The molecule has 1 saturated heterocycles. The number of ether oxygens (including phenoxy) is 1. The summed E-state index contributed by atoms with van der Waals surface area (Å²) in [6.45, 7) is 8.57. The topological polar surface area (TPSA) is 58.6 Å². The number of esters is 1. The molecule has 0 saturated carbocycles. The first-order valence-corrected chi connectivity index (χ1v) is 5.79. The quantitative estimate of drug-likeness (QED) is 0.718. The molecule has 1 rings (SSSR count). The highest BCUT2D eigenvalue weighted by atomic mass is 16.5. The Morgan fingerprint density at radius 1 is 1.35 bits per heavy atom. The monoisotopic (exact) mass is 242 g/mol. The number of hydrogen-bond donors (Lipinski definition) is 1. The molecule has 0 aromatic rings. The molecule has 1 aliphatic heterocycles. The fourth-order valence-corrected chi connectivity index (χ4v) is 2.42. The molecule has 0 spiro atoms. The Morgan fingerprint density at radius 2 is 1.94 bits per heavy atom. The van der Waals surface area contributed by atoms with Crippen molar-refractivity contribution in [2.75, 3.05) is 20.2 Å². The summed E-state index contributed by atoms with van der Waals surface area (Å²) < 4.78 is 4.61. The third kappa shape index (κ3) is 4.00. The van der Waals surface area contributed by atoms with E-state index in [1.807, 2.05) is 27.7 Å². The van der Waals surface area contributed by atoms with E-state index in [-0.39, 0.29) is 29.5 Å². The van der Waals surface area contributed by atoms with Gasteiger partial charge in [-0.2, -0.15) is 0 Å². The molecule has 17 heavy (non-hydrogen) atoms. The van der Waals surface area contributed by atoms with Gasteiger partial charge in [-0.15, -0.1) is 0 Å². The maximum absolute atomic E-state index is 12.0. The lowest BCUT2D eigenvalue weighted by molar-refractivity contribution is -0.147. The molecule has 1 N–H and O–H groups in total. The lowest BCUT2D eigenvalue weighted by Gasteiger charge is -2.34. The van der Waals surface area contributed by atoms with E-state index in [0.717, 1.165) is 0 Å². The van der Waals surface area contributed by atoms with Gasteiger partial charge in [0.15, 0.2) is 0 Å². The van der Waals surface area contributed by atoms with Gasteiger partial charge in [0.25, 0.3) is 0 Å². The van der Waals surface area contributed by atoms with Gasteiger partial charge in [0, 0.05) is 24.0 Å². The summed E-state index contributed by atoms with van der Waals surface area (Å²) in [6, 6.07) is 0. The maximum atomic E-state index is 12.0. The molecular formula is C12H22N2O3. The largest absolute Gasteiger partial charge is 0.468 e. The molecule has 0 atom stereocenters. The highest BCUT2D eigenvalue weighted by Crippen LogP contribution is 2.21. The number of methoxy groups -OCH3 is 1. The summed E-state index contributed by atoms with van der Waals surface area (Å²) in [5, 5.41) is 3.43. The summed E-state index contributed by atoms with van der Waals surface area (Å²) in [5.74, 6) is -0.396. The maximum Gasteiger partial charge on any atom is 0.325 e. The summed E-state index contributed by atoms with van der Waals surface area (Å²) in [6.07, 6.45) is 0.382. The van der Waals surface area contributed by atoms with Gasteiger partial charge < -0.3 is 15.0 Å². The van der Waals surface area contributed by atoms with Crippen LogP contribution in [0.1, 0.15) is 34.1 Å². The van der Waals surface area contributed by atoms with E-state index in [0.29, 0.717) is 13.0 Å². The molecule has 1 heterocycles. The SMILES string of the molecule is COC(=O)CN1CC(C)(C)NC(C)(C)CC1=O. The average Bonchev–Trinajstić information content (AvgIpc) is 2.19. The Balaban J connectivity index is 2.85. The Morgan fingerprint density at radius 3 is 2.47 bits per heavy atom. The number of nitrogens with zero attached hydrogens (tertiary/aromatic N) is 1. The molecule has 1 aliphatic rings. The van der Waals surface area contributed by atoms with Crippen LogP contribution in [0.15, 0.2) is 0 Å². The number of carbonyl (C=O) groups excluding carboxylic acids is 2. The van der Waals surface area contributed by atoms with Crippen molar-refractivity contribution in [3.05, 3.63) is 0 Å². The van der Waals surface area contributed by atoms with E-state index < -0.39 is 0 Å². The normalized spacial score (nSPS) is 23.1. The second-order valence-corrected chi connectivity index (χ2v) is 5.90. The predicted molar refractivity (Wildman–Crippen MR) is 64.5 cm³/mol. The van der Waals surface area contributed by atoms with E-state index in [1.54, 1.807) is 4.90 Å². The first kappa shape index (κ1) is 14.0. The van der Waals surface area contributed by atoms with Gasteiger partial charge in [0.2, 0.25) is 5.91 Å². The van der Waals surface area contributed by atoms with Gasteiger partial charge in [-0.1, -0.05) is 0 Å². The van der Waals surface area contributed by atoms with Crippen LogP contribution in [0.25, 0.3) is 0 Å². The van der Waals surface area contributed by atoms with Gasteiger partial charge in [-0.3, -0.25) is 9.59 Å². The van der Waals surface area contributed by atoms with Gasteiger partial charge in [-0.05, 0) is 27.7 Å². The second-order valence-electron chi connectivity index (χ2n) is 5.90. The van der Waals surface area contributed by atoms with Crippen LogP contribution in [0.4, 0.5) is 0 Å². The van der Waals surface area contributed by atoms with E-state index in [4.69, 9.17) is 0 Å². The molecule has 5 nitrogen and oxygen atoms in total. The van der Waals surface area contributed by atoms with Crippen molar-refractivity contribution in [1.29, 1.82) is 0 Å². The van der Waals surface area contributed by atoms with E-state index in [9.17, 15) is 9.59 Å². The van der Waals surface area contributed by atoms with Crippen molar-refractivity contribution in [2.24, 2.45) is 0 Å². The molecule has 1 fully saturated rings. The fraction of sp³-hybridized carbons (Fsp3) is 0.833. The molecule has 1 amide bonds. The first-order valence-electron chi connectivity index (χ1n) is 5.79. The summed E-state index contributed by atoms with van der Waals surface area (Å²) in [7, 11) is 1.33. The fourth-order valence-electron chi connectivity index (χ4n) is 2.42. The third-order valence-corrected chi connectivity index (χ3v) is 2.76. The standard InChI is InChI=1S/C12H22N2O3/c1-11(2)6-9(15)14(7-10(16)17-5)8-12(3,4)13-11/h13H,6-8H2,1-5H3. The summed E-state index contributed by atoms with van der Waals surface area (Å²) >= 11 is 0. The molecule has 0 aromatic heterocycles. The molecule has 0 unspecified atom stereocenters. The average molecular weight is 242 g/mol. The van der Waals surface area contributed by atoms with Crippen molar-refractivity contribution in [3.63, 3.8) is 0 Å². The lowest BCUT2D eigenvalue weighted by atomic mass is 9.96. The Labute approximate surface area is 102 Å². The summed E-state index contributed by atoms with van der Waals surface area (Å²) in [4.78, 5) is 24.9. The smallest absolute Gasteiger partial charge is 0.325 e. The number of hydrogen-bond acceptors (Lipinski definition) is 4. The zero-order chi connectivity index (χ0) is 13.3. The Kier molecular flexibility index (Phi) is 3.81. The van der Waals surface area contributed by atoms with Crippen LogP contribution in [0.5, 0.6) is 0 Å². The molecular weight excluding hydrogens is 220 g/mol. The highest BCUT2D eigenvalue weighted by Gasteiger charge is 2.37. The molecule has 0 bridgehead atoms. The molecule has 5 heteroatoms. The highest BCUT2D eigenvalue weighted by molar-refractivity contribution is 5.83. The number of amides is 1. The minimum Gasteiger partial charge on any atom is -0.468 e. The number of carbonyl (C=O) groups is 2. The van der Waals surface area contributed by atoms with Gasteiger partial charge >= 0.3 is 5.97 Å². The van der Waals surface area contributed by atoms with Crippen molar-refractivity contribution in [3.8, 4) is 0 Å². The van der Waals surface area contributed by atoms with Crippen LogP contribution in [0.3, 0.4) is 0 Å². The zero-order valence-corrected chi connectivity index (χ0v) is 11.3. The Bertz CT molecular complexity index is 324. The minimum absolute atomic E-state index is 0.0153. The van der Waals surface area contributed by atoms with Crippen LogP contribution in [-0.2, 0) is 14.3 Å². The second kappa shape index (κ2) is 4.64. The Hall–Kier alpha value is -1.10.